The van der Waals surface area contributed by atoms with Crippen molar-refractivity contribution in [3.63, 3.8) is 0 Å². The molecule has 46 heavy (non-hydrogen) atoms. The summed E-state index contributed by atoms with van der Waals surface area (Å²) in [4.78, 5) is 49.0. The van der Waals surface area contributed by atoms with E-state index in [9.17, 15) is 23.2 Å². The summed E-state index contributed by atoms with van der Waals surface area (Å²) in [6.07, 6.45) is -0.459. The molecule has 238 valence electrons. The predicted molar refractivity (Wildman–Crippen MR) is 176 cm³/mol. The Hall–Kier alpha value is -4.38. The fourth-order valence-electron chi connectivity index (χ4n) is 6.19. The molecule has 2 heterocycles. The van der Waals surface area contributed by atoms with Crippen LogP contribution >= 0.6 is 15.9 Å². The van der Waals surface area contributed by atoms with E-state index in [0.29, 0.717) is 28.1 Å². The Bertz CT molecular complexity index is 1850. The number of carbonyl (C=O) groups excluding carboxylic acids is 2. The number of hydrogen-bond acceptors (Lipinski definition) is 5. The minimum Gasteiger partial charge on any atom is -0.355 e. The minimum absolute atomic E-state index is 0.100. The number of fused-ring (bicyclic) bond motifs is 1. The Morgan fingerprint density at radius 3 is 2.35 bits per heavy atom. The number of hydrogen-bond donors (Lipinski definition) is 1. The van der Waals surface area contributed by atoms with Crippen LogP contribution in [0.2, 0.25) is 0 Å². The van der Waals surface area contributed by atoms with Crippen LogP contribution in [-0.4, -0.2) is 51.3 Å². The van der Waals surface area contributed by atoms with Gasteiger partial charge in [-0.1, -0.05) is 46.3 Å². The molecule has 6 rings (SSSR count). The summed E-state index contributed by atoms with van der Waals surface area (Å²) in [5.74, 6) is -3.03. The van der Waals surface area contributed by atoms with E-state index in [4.69, 9.17) is 4.98 Å². The van der Waals surface area contributed by atoms with Crippen molar-refractivity contribution in [3.05, 3.63) is 121 Å². The molecule has 0 unspecified atom stereocenters. The molecule has 11 heteroatoms. The first-order chi connectivity index (χ1) is 22.0. The van der Waals surface area contributed by atoms with Crippen molar-refractivity contribution >= 4 is 33.7 Å². The second-order valence-corrected chi connectivity index (χ2v) is 12.9. The molecule has 1 aliphatic heterocycles. The van der Waals surface area contributed by atoms with Gasteiger partial charge in [0.2, 0.25) is 5.95 Å². The molecule has 0 saturated heterocycles. The van der Waals surface area contributed by atoms with Crippen LogP contribution in [0.15, 0.2) is 82.1 Å². The molecule has 0 bridgehead atoms. The summed E-state index contributed by atoms with van der Waals surface area (Å²) in [5.41, 5.74) is 3.81. The van der Waals surface area contributed by atoms with Crippen molar-refractivity contribution < 1.29 is 18.4 Å². The van der Waals surface area contributed by atoms with Crippen molar-refractivity contribution in [2.45, 2.75) is 64.2 Å². The van der Waals surface area contributed by atoms with E-state index in [-0.39, 0.29) is 61.7 Å². The smallest absolute Gasteiger partial charge is 0.263 e. The highest BCUT2D eigenvalue weighted by Gasteiger charge is 2.49. The monoisotopic (exact) mass is 689 g/mol. The summed E-state index contributed by atoms with van der Waals surface area (Å²) in [7, 11) is 1.54. The predicted octanol–water partition coefficient (Wildman–Crippen LogP) is 6.05. The van der Waals surface area contributed by atoms with E-state index in [1.807, 2.05) is 56.3 Å². The van der Waals surface area contributed by atoms with Gasteiger partial charge in [0.05, 0.1) is 17.9 Å². The third-order valence-electron chi connectivity index (χ3n) is 8.84. The Morgan fingerprint density at radius 2 is 1.72 bits per heavy atom. The lowest BCUT2D eigenvalue weighted by atomic mass is 9.86. The summed E-state index contributed by atoms with van der Waals surface area (Å²) < 4.78 is 31.0. The number of alkyl halides is 2. The fraction of sp³-hybridized carbons (Fsp3) is 0.314. The summed E-state index contributed by atoms with van der Waals surface area (Å²) in [6, 6.07) is 20.6. The zero-order valence-electron chi connectivity index (χ0n) is 25.8. The number of amides is 2. The number of aromatic nitrogens is 2. The van der Waals surface area contributed by atoms with E-state index in [1.165, 1.54) is 11.6 Å². The van der Waals surface area contributed by atoms with E-state index < -0.39 is 12.0 Å². The van der Waals surface area contributed by atoms with Crippen LogP contribution in [0.25, 0.3) is 5.69 Å². The van der Waals surface area contributed by atoms with Crippen molar-refractivity contribution in [1.82, 2.24) is 19.8 Å². The molecule has 1 N–H and O–H groups in total. The lowest BCUT2D eigenvalue weighted by molar-refractivity contribution is -0.0864. The summed E-state index contributed by atoms with van der Waals surface area (Å²) in [5, 5.41) is 2.59. The summed E-state index contributed by atoms with van der Waals surface area (Å²) >= 11 is 3.49. The zero-order valence-corrected chi connectivity index (χ0v) is 27.4. The second-order valence-electron chi connectivity index (χ2n) is 12.1. The Labute approximate surface area is 274 Å². The quantitative estimate of drug-likeness (QED) is 0.255. The Kier molecular flexibility index (Phi) is 8.54. The van der Waals surface area contributed by atoms with Crippen LogP contribution in [0.3, 0.4) is 0 Å². The maximum absolute atomic E-state index is 14.5. The Balaban J connectivity index is 1.48. The van der Waals surface area contributed by atoms with Gasteiger partial charge >= 0.3 is 0 Å². The van der Waals surface area contributed by atoms with Gasteiger partial charge < -0.3 is 15.1 Å². The highest BCUT2D eigenvalue weighted by atomic mass is 79.9. The normalized spacial score (nSPS) is 17.2. The summed E-state index contributed by atoms with van der Waals surface area (Å²) in [6.45, 7) is 4.17. The maximum Gasteiger partial charge on any atom is 0.263 e. The molecule has 3 aromatic carbocycles. The van der Waals surface area contributed by atoms with Gasteiger partial charge in [-0.2, -0.15) is 0 Å². The number of nitrogens with zero attached hydrogens (tertiary/aromatic N) is 4. The van der Waals surface area contributed by atoms with Gasteiger partial charge in [-0.3, -0.25) is 14.4 Å². The maximum atomic E-state index is 14.5. The SMILES string of the molecule is CNC(=O)c1ccc(-n2c(N(Cc3ccccc3)C3CC(F)(F)C3)nc3c(c2=O)C[C@@H](C)N(C(=O)c2ccc(Br)c(C)c2)C3)cc1. The number of anilines is 1. The lowest BCUT2D eigenvalue weighted by Crippen LogP contribution is -2.53. The van der Waals surface area contributed by atoms with Crippen LogP contribution in [0.5, 0.6) is 0 Å². The number of nitrogens with one attached hydrogen (secondary N) is 1. The minimum atomic E-state index is -2.81. The molecule has 2 amide bonds. The molecule has 4 aromatic rings. The van der Waals surface area contributed by atoms with Gasteiger partial charge in [0, 0.05) is 59.7 Å². The van der Waals surface area contributed by atoms with Crippen LogP contribution in [0.4, 0.5) is 14.7 Å². The number of benzene rings is 3. The van der Waals surface area contributed by atoms with Gasteiger partial charge in [-0.05, 0) is 73.9 Å². The van der Waals surface area contributed by atoms with Crippen LogP contribution in [0, 0.1) is 6.92 Å². The van der Waals surface area contributed by atoms with E-state index in [0.717, 1.165) is 15.6 Å². The first kappa shape index (κ1) is 31.6. The third-order valence-corrected chi connectivity index (χ3v) is 9.73. The van der Waals surface area contributed by atoms with E-state index >= 15 is 0 Å². The molecular formula is C35H34BrF2N5O3. The van der Waals surface area contributed by atoms with Gasteiger partial charge in [-0.15, -0.1) is 0 Å². The molecule has 1 atom stereocenters. The van der Waals surface area contributed by atoms with E-state index in [2.05, 4.69) is 21.2 Å². The molecule has 8 nitrogen and oxygen atoms in total. The van der Waals surface area contributed by atoms with Crippen molar-refractivity contribution in [2.24, 2.45) is 0 Å². The average molecular weight is 691 g/mol. The first-order valence-electron chi connectivity index (χ1n) is 15.2. The molecule has 1 saturated carbocycles. The molecular weight excluding hydrogens is 656 g/mol. The van der Waals surface area contributed by atoms with Crippen molar-refractivity contribution in [2.75, 3.05) is 11.9 Å². The van der Waals surface area contributed by atoms with Gasteiger partial charge in [0.1, 0.15) is 0 Å². The van der Waals surface area contributed by atoms with Crippen LogP contribution < -0.4 is 15.8 Å². The highest BCUT2D eigenvalue weighted by Crippen LogP contribution is 2.42. The Morgan fingerprint density at radius 1 is 1.04 bits per heavy atom. The largest absolute Gasteiger partial charge is 0.355 e. The van der Waals surface area contributed by atoms with Crippen LogP contribution in [0.1, 0.15) is 62.9 Å². The third kappa shape index (κ3) is 6.08. The molecule has 1 fully saturated rings. The molecule has 1 aliphatic carbocycles. The number of aryl methyl sites for hydroxylation is 1. The number of rotatable bonds is 7. The van der Waals surface area contributed by atoms with E-state index in [1.54, 1.807) is 40.1 Å². The molecule has 0 radical (unpaired) electrons. The standard InChI is InChI=1S/C35H34BrF2N5O3/c1-21-15-25(11-14-29(21)36)32(45)41-20-30-28(16-22(41)2)33(46)43(26-12-9-24(10-13-26)31(44)39-3)34(40-30)42(27-17-35(37,38)18-27)19-23-7-5-4-6-8-23/h4-15,22,27H,16-20H2,1-3H3,(H,39,44)/t22-/m1/s1. The zero-order chi connectivity index (χ0) is 32.7. The first-order valence-corrected chi connectivity index (χ1v) is 16.0. The molecule has 1 aromatic heterocycles. The highest BCUT2D eigenvalue weighted by molar-refractivity contribution is 9.10. The average Bonchev–Trinajstić information content (AvgIpc) is 3.03. The molecule has 0 spiro atoms. The van der Waals surface area contributed by atoms with Crippen LogP contribution in [-0.2, 0) is 19.5 Å². The van der Waals surface area contributed by atoms with Crippen molar-refractivity contribution in [3.8, 4) is 5.69 Å². The number of carbonyl (C=O) groups is 2. The lowest BCUT2D eigenvalue weighted by Gasteiger charge is -2.44. The fourth-order valence-corrected chi connectivity index (χ4v) is 6.43. The van der Waals surface area contributed by atoms with Gasteiger partial charge in [0.15, 0.2) is 0 Å². The van der Waals surface area contributed by atoms with Crippen molar-refractivity contribution in [1.29, 1.82) is 0 Å². The topological polar surface area (TPSA) is 87.5 Å². The van der Waals surface area contributed by atoms with Gasteiger partial charge in [-0.25, -0.2) is 18.3 Å². The molecule has 2 aliphatic rings. The van der Waals surface area contributed by atoms with Gasteiger partial charge in [0.25, 0.3) is 23.3 Å². The second kappa shape index (κ2) is 12.4. The number of halogens is 3.